The van der Waals surface area contributed by atoms with Gasteiger partial charge in [0.25, 0.3) is 5.91 Å². The monoisotopic (exact) mass is 340 g/mol. The average molecular weight is 341 g/mol. The lowest BCUT2D eigenvalue weighted by Gasteiger charge is -2.33. The van der Waals surface area contributed by atoms with E-state index < -0.39 is 5.54 Å². The van der Waals surface area contributed by atoms with Crippen LogP contribution >= 0.6 is 11.6 Å². The number of benzene rings is 2. The fourth-order valence-electron chi connectivity index (χ4n) is 3.73. The van der Waals surface area contributed by atoms with E-state index in [0.717, 1.165) is 29.5 Å². The van der Waals surface area contributed by atoms with Crippen molar-refractivity contribution in [3.05, 3.63) is 70.2 Å². The van der Waals surface area contributed by atoms with Crippen LogP contribution in [0.3, 0.4) is 0 Å². The van der Waals surface area contributed by atoms with Gasteiger partial charge in [-0.2, -0.15) is 0 Å². The number of amides is 3. The summed E-state index contributed by atoms with van der Waals surface area (Å²) in [6.07, 6.45) is 2.47. The molecule has 2 aliphatic rings. The molecular weight excluding hydrogens is 324 g/mol. The third kappa shape index (κ3) is 2.29. The lowest BCUT2D eigenvalue weighted by atomic mass is 9.76. The number of rotatable bonds is 2. The number of carbonyl (C=O) groups is 2. The van der Waals surface area contributed by atoms with E-state index in [2.05, 4.69) is 5.32 Å². The Labute approximate surface area is 145 Å². The number of nitrogens with zero attached hydrogens (tertiary/aromatic N) is 1. The fraction of sp³-hybridized carbons (Fsp3) is 0.263. The number of carbonyl (C=O) groups excluding carboxylic acids is 2. The highest BCUT2D eigenvalue weighted by molar-refractivity contribution is 6.30. The molecule has 0 aromatic heterocycles. The number of hydrogen-bond acceptors (Lipinski definition) is 2. The molecule has 2 aromatic rings. The Morgan fingerprint density at radius 1 is 1.08 bits per heavy atom. The van der Waals surface area contributed by atoms with Crippen molar-refractivity contribution in [1.82, 2.24) is 10.2 Å². The molecule has 1 aliphatic carbocycles. The van der Waals surface area contributed by atoms with E-state index in [9.17, 15) is 9.59 Å². The standard InChI is InChI=1S/C19H17ClN2O2/c20-15-9-7-13(8-10-15)12-22-17(23)19(21-18(22)24)11-3-5-14-4-1-2-6-16(14)19/h1-2,4,6-10H,3,5,11-12H2,(H,21,24)/t19-/m0/s1. The second-order valence-corrected chi connectivity index (χ2v) is 6.80. The van der Waals surface area contributed by atoms with Crippen LogP contribution in [0.5, 0.6) is 0 Å². The molecule has 0 unspecified atom stereocenters. The Balaban J connectivity index is 1.68. The minimum Gasteiger partial charge on any atom is -0.319 e. The van der Waals surface area contributed by atoms with E-state index in [0.29, 0.717) is 11.4 Å². The molecule has 4 nitrogen and oxygen atoms in total. The van der Waals surface area contributed by atoms with Gasteiger partial charge in [-0.3, -0.25) is 9.69 Å². The summed E-state index contributed by atoms with van der Waals surface area (Å²) in [5.74, 6) is -0.158. The largest absolute Gasteiger partial charge is 0.325 e. The van der Waals surface area contributed by atoms with Crippen molar-refractivity contribution in [2.24, 2.45) is 0 Å². The second-order valence-electron chi connectivity index (χ2n) is 6.36. The molecule has 1 heterocycles. The van der Waals surface area contributed by atoms with E-state index in [1.54, 1.807) is 12.1 Å². The highest BCUT2D eigenvalue weighted by Gasteiger charge is 2.53. The summed E-state index contributed by atoms with van der Waals surface area (Å²) in [5.41, 5.74) is 2.06. The van der Waals surface area contributed by atoms with Crippen molar-refractivity contribution >= 4 is 23.5 Å². The average Bonchev–Trinajstić information content (AvgIpc) is 2.82. The van der Waals surface area contributed by atoms with Crippen molar-refractivity contribution in [3.8, 4) is 0 Å². The van der Waals surface area contributed by atoms with Crippen LogP contribution < -0.4 is 5.32 Å². The maximum absolute atomic E-state index is 13.1. The van der Waals surface area contributed by atoms with Crippen LogP contribution in [0.1, 0.15) is 29.5 Å². The van der Waals surface area contributed by atoms with Crippen LogP contribution in [-0.4, -0.2) is 16.8 Å². The lowest BCUT2D eigenvalue weighted by Crippen LogP contribution is -2.46. The van der Waals surface area contributed by atoms with Crippen LogP contribution in [0.4, 0.5) is 4.79 Å². The number of fused-ring (bicyclic) bond motifs is 2. The molecule has 1 N–H and O–H groups in total. The molecule has 0 bridgehead atoms. The molecule has 0 saturated carbocycles. The van der Waals surface area contributed by atoms with E-state index in [-0.39, 0.29) is 18.5 Å². The normalized spacial score (nSPS) is 22.6. The van der Waals surface area contributed by atoms with Gasteiger partial charge in [0.1, 0.15) is 5.54 Å². The molecule has 1 saturated heterocycles. The molecular formula is C19H17ClN2O2. The highest BCUT2D eigenvalue weighted by Crippen LogP contribution is 2.40. The summed E-state index contributed by atoms with van der Waals surface area (Å²) in [4.78, 5) is 27.0. The van der Waals surface area contributed by atoms with Crippen LogP contribution in [0.15, 0.2) is 48.5 Å². The first kappa shape index (κ1) is 15.2. The first-order valence-electron chi connectivity index (χ1n) is 8.07. The minimum absolute atomic E-state index is 0.158. The van der Waals surface area contributed by atoms with Crippen LogP contribution in [0, 0.1) is 0 Å². The van der Waals surface area contributed by atoms with E-state index in [4.69, 9.17) is 11.6 Å². The lowest BCUT2D eigenvalue weighted by molar-refractivity contribution is -0.132. The summed E-state index contributed by atoms with van der Waals surface area (Å²) >= 11 is 5.90. The fourth-order valence-corrected chi connectivity index (χ4v) is 3.85. The van der Waals surface area contributed by atoms with Crippen molar-refractivity contribution in [2.45, 2.75) is 31.3 Å². The Morgan fingerprint density at radius 2 is 1.83 bits per heavy atom. The predicted molar refractivity (Wildman–Crippen MR) is 91.6 cm³/mol. The van der Waals surface area contributed by atoms with Gasteiger partial charge < -0.3 is 5.32 Å². The third-order valence-corrected chi connectivity index (χ3v) is 5.16. The Bertz CT molecular complexity index is 818. The molecule has 3 amide bonds. The maximum atomic E-state index is 13.1. The van der Waals surface area contributed by atoms with Crippen LogP contribution in [0.25, 0.3) is 0 Å². The Hall–Kier alpha value is -2.33. The van der Waals surface area contributed by atoms with E-state index in [1.807, 2.05) is 36.4 Å². The second kappa shape index (κ2) is 5.64. The summed E-state index contributed by atoms with van der Waals surface area (Å²) < 4.78 is 0. The van der Waals surface area contributed by atoms with Crippen LogP contribution in [-0.2, 0) is 23.3 Å². The first-order valence-corrected chi connectivity index (χ1v) is 8.45. The van der Waals surface area contributed by atoms with Gasteiger partial charge in [-0.15, -0.1) is 0 Å². The minimum atomic E-state index is -0.904. The third-order valence-electron chi connectivity index (χ3n) is 4.90. The molecule has 1 aliphatic heterocycles. The molecule has 24 heavy (non-hydrogen) atoms. The van der Waals surface area contributed by atoms with Gasteiger partial charge in [0, 0.05) is 5.02 Å². The molecule has 122 valence electrons. The SMILES string of the molecule is O=C1N[C@]2(CCCc3ccccc32)C(=O)N1Cc1ccc(Cl)cc1. The van der Waals surface area contributed by atoms with Crippen molar-refractivity contribution in [2.75, 3.05) is 0 Å². The number of imide groups is 1. The maximum Gasteiger partial charge on any atom is 0.325 e. The van der Waals surface area contributed by atoms with Gasteiger partial charge in [0.15, 0.2) is 0 Å². The van der Waals surface area contributed by atoms with Crippen molar-refractivity contribution in [1.29, 1.82) is 0 Å². The number of hydrogen-bond donors (Lipinski definition) is 1. The van der Waals surface area contributed by atoms with Gasteiger partial charge in [-0.25, -0.2) is 4.79 Å². The summed E-state index contributed by atoms with van der Waals surface area (Å²) in [5, 5.41) is 3.60. The Morgan fingerprint density at radius 3 is 2.62 bits per heavy atom. The summed E-state index contributed by atoms with van der Waals surface area (Å²) in [6, 6.07) is 14.8. The molecule has 5 heteroatoms. The quantitative estimate of drug-likeness (QED) is 0.849. The number of aryl methyl sites for hydroxylation is 1. The number of nitrogens with one attached hydrogen (secondary N) is 1. The van der Waals surface area contributed by atoms with Gasteiger partial charge in [0.2, 0.25) is 0 Å². The van der Waals surface area contributed by atoms with Crippen molar-refractivity contribution in [3.63, 3.8) is 0 Å². The highest BCUT2D eigenvalue weighted by atomic mass is 35.5. The topological polar surface area (TPSA) is 49.4 Å². The smallest absolute Gasteiger partial charge is 0.319 e. The van der Waals surface area contributed by atoms with Gasteiger partial charge in [-0.1, -0.05) is 48.0 Å². The van der Waals surface area contributed by atoms with E-state index in [1.165, 1.54) is 4.90 Å². The molecule has 0 radical (unpaired) electrons. The Kier molecular flexibility index (Phi) is 3.57. The van der Waals surface area contributed by atoms with Crippen LogP contribution in [0.2, 0.25) is 5.02 Å². The molecule has 1 spiro atoms. The molecule has 1 atom stereocenters. The number of halogens is 1. The summed E-state index contributed by atoms with van der Waals surface area (Å²) in [6.45, 7) is 0.256. The predicted octanol–water partition coefficient (Wildman–Crippen LogP) is 3.62. The van der Waals surface area contributed by atoms with Gasteiger partial charge in [-0.05, 0) is 48.1 Å². The van der Waals surface area contributed by atoms with Gasteiger partial charge in [0.05, 0.1) is 6.54 Å². The number of urea groups is 1. The zero-order valence-electron chi connectivity index (χ0n) is 13.1. The molecule has 4 rings (SSSR count). The van der Waals surface area contributed by atoms with E-state index >= 15 is 0 Å². The summed E-state index contributed by atoms with van der Waals surface area (Å²) in [7, 11) is 0. The first-order chi connectivity index (χ1) is 11.6. The zero-order valence-corrected chi connectivity index (χ0v) is 13.8. The molecule has 2 aromatic carbocycles. The molecule has 1 fully saturated rings. The van der Waals surface area contributed by atoms with Gasteiger partial charge >= 0.3 is 6.03 Å². The zero-order chi connectivity index (χ0) is 16.7. The van der Waals surface area contributed by atoms with Crippen molar-refractivity contribution < 1.29 is 9.59 Å².